The lowest BCUT2D eigenvalue weighted by molar-refractivity contribution is -0.120. The van der Waals surface area contributed by atoms with Crippen LogP contribution in [0.3, 0.4) is 0 Å². The minimum atomic E-state index is -0.0991. The number of nitrogens with two attached hydrogens (primary N) is 1. The van der Waals surface area contributed by atoms with Crippen LogP contribution >= 0.6 is 0 Å². The molecule has 0 spiro atoms. The molecular weight excluding hydrogens is 258 g/mol. The van der Waals surface area contributed by atoms with Gasteiger partial charge in [-0.05, 0) is 17.7 Å². The van der Waals surface area contributed by atoms with Gasteiger partial charge in [-0.25, -0.2) is 0 Å². The van der Waals surface area contributed by atoms with E-state index in [1.165, 1.54) is 0 Å². The minimum Gasteiger partial charge on any atom is -0.467 e. The van der Waals surface area contributed by atoms with Crippen molar-refractivity contribution in [1.29, 1.82) is 0 Å². The third-order valence-corrected chi connectivity index (χ3v) is 2.76. The number of nitrogens with one attached hydrogen (secondary N) is 1. The summed E-state index contributed by atoms with van der Waals surface area (Å²) in [4.78, 5) is 11.7. The van der Waals surface area contributed by atoms with Gasteiger partial charge in [-0.2, -0.15) is 0 Å². The lowest BCUT2D eigenvalue weighted by Gasteiger charge is -2.04. The average Bonchev–Trinajstić information content (AvgIpc) is 2.98. The zero-order valence-corrected chi connectivity index (χ0v) is 10.7. The summed E-state index contributed by atoms with van der Waals surface area (Å²) < 4.78 is 5.12. The van der Waals surface area contributed by atoms with Gasteiger partial charge >= 0.3 is 0 Å². The fourth-order valence-electron chi connectivity index (χ4n) is 1.70. The standard InChI is InChI=1S/C14H15N3O3/c15-14(17-19)11-5-3-10(4-6-11)8-13(18)16-9-12-2-1-7-20-12/h1-7,19H,8-9H2,(H2,15,17)(H,16,18). The first-order chi connectivity index (χ1) is 9.69. The number of nitrogens with zero attached hydrogens (tertiary/aromatic N) is 1. The van der Waals surface area contributed by atoms with Crippen molar-refractivity contribution >= 4 is 11.7 Å². The topological polar surface area (TPSA) is 101 Å². The molecule has 0 aliphatic carbocycles. The van der Waals surface area contributed by atoms with Crippen LogP contribution < -0.4 is 11.1 Å². The van der Waals surface area contributed by atoms with Crippen molar-refractivity contribution < 1.29 is 14.4 Å². The Morgan fingerprint density at radius 2 is 2.05 bits per heavy atom. The number of carbonyl (C=O) groups excluding carboxylic acids is 1. The number of hydrogen-bond acceptors (Lipinski definition) is 4. The van der Waals surface area contributed by atoms with Gasteiger partial charge in [0, 0.05) is 5.56 Å². The number of benzene rings is 1. The van der Waals surface area contributed by atoms with Crippen molar-refractivity contribution in [3.63, 3.8) is 0 Å². The van der Waals surface area contributed by atoms with E-state index in [-0.39, 0.29) is 18.2 Å². The highest BCUT2D eigenvalue weighted by atomic mass is 16.4. The summed E-state index contributed by atoms with van der Waals surface area (Å²) in [6.07, 6.45) is 1.82. The molecule has 1 heterocycles. The molecule has 4 N–H and O–H groups in total. The van der Waals surface area contributed by atoms with Crippen molar-refractivity contribution in [2.75, 3.05) is 0 Å². The summed E-state index contributed by atoms with van der Waals surface area (Å²) in [5.41, 5.74) is 6.91. The van der Waals surface area contributed by atoms with Crippen LogP contribution in [0.15, 0.2) is 52.2 Å². The van der Waals surface area contributed by atoms with Crippen molar-refractivity contribution in [3.8, 4) is 0 Å². The van der Waals surface area contributed by atoms with Crippen LogP contribution in [-0.4, -0.2) is 17.0 Å². The second-order valence-corrected chi connectivity index (χ2v) is 4.22. The maximum Gasteiger partial charge on any atom is 0.224 e. The van der Waals surface area contributed by atoms with E-state index in [4.69, 9.17) is 15.4 Å². The molecule has 2 rings (SSSR count). The van der Waals surface area contributed by atoms with Crippen LogP contribution in [0.2, 0.25) is 0 Å². The lowest BCUT2D eigenvalue weighted by atomic mass is 10.1. The number of rotatable bonds is 5. The molecule has 0 aliphatic rings. The number of oxime groups is 1. The molecule has 6 nitrogen and oxygen atoms in total. The highest BCUT2D eigenvalue weighted by molar-refractivity contribution is 5.97. The van der Waals surface area contributed by atoms with Crippen molar-refractivity contribution in [2.45, 2.75) is 13.0 Å². The Kier molecular flexibility index (Phi) is 4.39. The van der Waals surface area contributed by atoms with Crippen molar-refractivity contribution in [2.24, 2.45) is 10.9 Å². The van der Waals surface area contributed by atoms with Gasteiger partial charge in [0.05, 0.1) is 19.2 Å². The number of furan rings is 1. The fraction of sp³-hybridized carbons (Fsp3) is 0.143. The molecule has 20 heavy (non-hydrogen) atoms. The maximum absolute atomic E-state index is 11.7. The number of carbonyl (C=O) groups is 1. The van der Waals surface area contributed by atoms with Gasteiger partial charge in [-0.3, -0.25) is 4.79 Å². The summed E-state index contributed by atoms with van der Waals surface area (Å²) in [6.45, 7) is 0.369. The van der Waals surface area contributed by atoms with Gasteiger partial charge in [0.1, 0.15) is 5.76 Å². The minimum absolute atomic E-state index is 0.0406. The van der Waals surface area contributed by atoms with E-state index < -0.39 is 0 Å². The van der Waals surface area contributed by atoms with Crippen LogP contribution in [-0.2, 0) is 17.8 Å². The van der Waals surface area contributed by atoms with Crippen LogP contribution in [0.5, 0.6) is 0 Å². The summed E-state index contributed by atoms with van der Waals surface area (Å²) >= 11 is 0. The van der Waals surface area contributed by atoms with Gasteiger partial charge in [0.15, 0.2) is 5.84 Å². The van der Waals surface area contributed by atoms with Crippen LogP contribution in [0.1, 0.15) is 16.9 Å². The summed E-state index contributed by atoms with van der Waals surface area (Å²) in [7, 11) is 0. The van der Waals surface area contributed by atoms with E-state index in [1.807, 2.05) is 0 Å². The van der Waals surface area contributed by atoms with Gasteiger partial charge in [-0.15, -0.1) is 0 Å². The first kappa shape index (κ1) is 13.7. The van der Waals surface area contributed by atoms with Crippen LogP contribution in [0.4, 0.5) is 0 Å². The van der Waals surface area contributed by atoms with Crippen molar-refractivity contribution in [3.05, 3.63) is 59.5 Å². The van der Waals surface area contributed by atoms with E-state index in [0.29, 0.717) is 17.9 Å². The predicted octanol–water partition coefficient (Wildman–Crippen LogP) is 1.23. The maximum atomic E-state index is 11.7. The lowest BCUT2D eigenvalue weighted by Crippen LogP contribution is -2.24. The van der Waals surface area contributed by atoms with E-state index in [2.05, 4.69) is 10.5 Å². The molecule has 0 radical (unpaired) electrons. The Morgan fingerprint density at radius 1 is 1.30 bits per heavy atom. The molecule has 6 heteroatoms. The smallest absolute Gasteiger partial charge is 0.224 e. The van der Waals surface area contributed by atoms with Gasteiger partial charge in [0.25, 0.3) is 0 Å². The predicted molar refractivity (Wildman–Crippen MR) is 73.2 cm³/mol. The third kappa shape index (κ3) is 3.61. The number of amides is 1. The molecule has 1 aromatic heterocycles. The molecule has 2 aromatic rings. The molecule has 0 saturated carbocycles. The van der Waals surface area contributed by atoms with Crippen LogP contribution in [0, 0.1) is 0 Å². The molecule has 1 aromatic carbocycles. The highest BCUT2D eigenvalue weighted by Crippen LogP contribution is 2.05. The molecule has 0 bridgehead atoms. The second-order valence-electron chi connectivity index (χ2n) is 4.22. The van der Waals surface area contributed by atoms with E-state index >= 15 is 0 Å². The largest absolute Gasteiger partial charge is 0.467 e. The monoisotopic (exact) mass is 273 g/mol. The van der Waals surface area contributed by atoms with Crippen molar-refractivity contribution in [1.82, 2.24) is 5.32 Å². The molecule has 0 unspecified atom stereocenters. The summed E-state index contributed by atoms with van der Waals surface area (Å²) in [6, 6.07) is 10.5. The Hall–Kier alpha value is -2.76. The second kappa shape index (κ2) is 6.42. The number of amidine groups is 1. The molecule has 1 amide bonds. The first-order valence-electron chi connectivity index (χ1n) is 6.05. The summed E-state index contributed by atoms with van der Waals surface area (Å²) in [5, 5.41) is 14.2. The Balaban J connectivity index is 1.88. The summed E-state index contributed by atoms with van der Waals surface area (Å²) in [5.74, 6) is 0.650. The average molecular weight is 273 g/mol. The van der Waals surface area contributed by atoms with E-state index in [1.54, 1.807) is 42.7 Å². The quantitative estimate of drug-likeness (QED) is 0.330. The molecule has 0 aliphatic heterocycles. The van der Waals surface area contributed by atoms with E-state index in [9.17, 15) is 4.79 Å². The highest BCUT2D eigenvalue weighted by Gasteiger charge is 2.05. The van der Waals surface area contributed by atoms with Crippen LogP contribution in [0.25, 0.3) is 0 Å². The van der Waals surface area contributed by atoms with E-state index in [0.717, 1.165) is 5.56 Å². The Labute approximate surface area is 115 Å². The Morgan fingerprint density at radius 3 is 2.65 bits per heavy atom. The van der Waals surface area contributed by atoms with Gasteiger partial charge < -0.3 is 20.7 Å². The first-order valence-corrected chi connectivity index (χ1v) is 6.05. The zero-order chi connectivity index (χ0) is 14.4. The molecule has 104 valence electrons. The Bertz CT molecular complexity index is 589. The molecule has 0 fully saturated rings. The SMILES string of the molecule is NC(=NO)c1ccc(CC(=O)NCc2ccco2)cc1. The third-order valence-electron chi connectivity index (χ3n) is 2.76. The zero-order valence-electron chi connectivity index (χ0n) is 10.7. The molecule has 0 saturated heterocycles. The molecular formula is C14H15N3O3. The fourth-order valence-corrected chi connectivity index (χ4v) is 1.70. The van der Waals surface area contributed by atoms with Gasteiger partial charge in [-0.1, -0.05) is 29.4 Å². The molecule has 0 atom stereocenters. The normalized spacial score (nSPS) is 11.3. The van der Waals surface area contributed by atoms with Gasteiger partial charge in [0.2, 0.25) is 5.91 Å². The number of hydrogen-bond donors (Lipinski definition) is 3.